The van der Waals surface area contributed by atoms with Crippen molar-refractivity contribution < 1.29 is 0 Å². The molecule has 0 nitrogen and oxygen atoms in total. The Morgan fingerprint density at radius 2 is 1.43 bits per heavy atom. The predicted molar refractivity (Wildman–Crippen MR) is 118 cm³/mol. The number of rotatable bonds is 3. The fourth-order valence-corrected chi connectivity index (χ4v) is 5.54. The molecule has 0 amide bonds. The first-order valence-corrected chi connectivity index (χ1v) is 9.94. The lowest BCUT2D eigenvalue weighted by atomic mass is 9.55. The SMILES string of the molecule is C=C=CC1(C(C)(C)C2c3ccccc3-c3ccccc32)C=Cc2ccccc21. The van der Waals surface area contributed by atoms with E-state index in [1.54, 1.807) is 0 Å². The molecule has 28 heavy (non-hydrogen) atoms. The third-order valence-corrected chi connectivity index (χ3v) is 6.88. The van der Waals surface area contributed by atoms with Crippen LogP contribution in [0.2, 0.25) is 0 Å². The Labute approximate surface area is 167 Å². The Morgan fingerprint density at radius 3 is 2.07 bits per heavy atom. The van der Waals surface area contributed by atoms with Gasteiger partial charge in [-0.1, -0.05) is 105 Å². The van der Waals surface area contributed by atoms with Crippen molar-refractivity contribution in [2.24, 2.45) is 5.41 Å². The van der Waals surface area contributed by atoms with Gasteiger partial charge in [-0.15, -0.1) is 5.73 Å². The van der Waals surface area contributed by atoms with Crippen molar-refractivity contribution in [1.82, 2.24) is 0 Å². The Hall–Kier alpha value is -3.08. The topological polar surface area (TPSA) is 0 Å². The number of allylic oxidation sites excluding steroid dienone is 2. The molecule has 136 valence electrons. The maximum absolute atomic E-state index is 3.96. The summed E-state index contributed by atoms with van der Waals surface area (Å²) in [6.45, 7) is 8.76. The summed E-state index contributed by atoms with van der Waals surface area (Å²) in [5.74, 6) is 0.292. The van der Waals surface area contributed by atoms with Crippen LogP contribution in [0.5, 0.6) is 0 Å². The van der Waals surface area contributed by atoms with Gasteiger partial charge in [0.15, 0.2) is 0 Å². The van der Waals surface area contributed by atoms with Crippen LogP contribution in [-0.2, 0) is 5.41 Å². The van der Waals surface area contributed by atoms with E-state index in [9.17, 15) is 0 Å². The van der Waals surface area contributed by atoms with Crippen LogP contribution in [0.25, 0.3) is 17.2 Å². The zero-order valence-electron chi connectivity index (χ0n) is 16.4. The van der Waals surface area contributed by atoms with E-state index in [2.05, 4.69) is 117 Å². The summed E-state index contributed by atoms with van der Waals surface area (Å²) in [5.41, 5.74) is 11.0. The summed E-state index contributed by atoms with van der Waals surface area (Å²) in [6, 6.07) is 26.5. The fraction of sp³-hybridized carbons (Fsp3) is 0.179. The van der Waals surface area contributed by atoms with Gasteiger partial charge < -0.3 is 0 Å². The second-order valence-electron chi connectivity index (χ2n) is 8.47. The summed E-state index contributed by atoms with van der Waals surface area (Å²) in [5, 5.41) is 0. The van der Waals surface area contributed by atoms with Gasteiger partial charge in [-0.3, -0.25) is 0 Å². The normalized spacial score (nSPS) is 19.6. The van der Waals surface area contributed by atoms with Crippen molar-refractivity contribution in [2.75, 3.05) is 0 Å². The highest BCUT2D eigenvalue weighted by Gasteiger charge is 2.52. The molecule has 2 aliphatic rings. The molecular weight excluding hydrogens is 336 g/mol. The largest absolute Gasteiger partial charge is 0.132 e. The summed E-state index contributed by atoms with van der Waals surface area (Å²) in [7, 11) is 0. The van der Waals surface area contributed by atoms with Crippen LogP contribution in [0.1, 0.15) is 42.0 Å². The van der Waals surface area contributed by atoms with Crippen molar-refractivity contribution in [1.29, 1.82) is 0 Å². The molecule has 2 aliphatic carbocycles. The maximum Gasteiger partial charge on any atom is 0.0455 e. The minimum Gasteiger partial charge on any atom is -0.132 e. The zero-order valence-corrected chi connectivity index (χ0v) is 16.4. The molecule has 0 aliphatic heterocycles. The van der Waals surface area contributed by atoms with Crippen molar-refractivity contribution in [3.63, 3.8) is 0 Å². The van der Waals surface area contributed by atoms with Gasteiger partial charge in [0.05, 0.1) is 0 Å². The maximum atomic E-state index is 3.96. The van der Waals surface area contributed by atoms with Crippen LogP contribution in [-0.4, -0.2) is 0 Å². The third kappa shape index (κ3) is 2.07. The summed E-state index contributed by atoms with van der Waals surface area (Å²) < 4.78 is 0. The molecule has 0 radical (unpaired) electrons. The lowest BCUT2D eigenvalue weighted by Gasteiger charge is -2.46. The van der Waals surface area contributed by atoms with Crippen molar-refractivity contribution in [3.05, 3.63) is 120 Å². The molecule has 0 saturated heterocycles. The van der Waals surface area contributed by atoms with Crippen LogP contribution in [0.3, 0.4) is 0 Å². The van der Waals surface area contributed by atoms with E-state index >= 15 is 0 Å². The van der Waals surface area contributed by atoms with Gasteiger partial charge in [-0.25, -0.2) is 0 Å². The highest BCUT2D eigenvalue weighted by molar-refractivity contribution is 5.80. The Bertz CT molecular complexity index is 1110. The Balaban J connectivity index is 1.79. The van der Waals surface area contributed by atoms with Crippen molar-refractivity contribution >= 4 is 6.08 Å². The van der Waals surface area contributed by atoms with Gasteiger partial charge in [0.1, 0.15) is 0 Å². The van der Waals surface area contributed by atoms with Crippen molar-refractivity contribution in [3.8, 4) is 11.1 Å². The number of fused-ring (bicyclic) bond motifs is 4. The predicted octanol–water partition coefficient (Wildman–Crippen LogP) is 7.13. The highest BCUT2D eigenvalue weighted by atomic mass is 14.5. The van der Waals surface area contributed by atoms with E-state index < -0.39 is 0 Å². The highest BCUT2D eigenvalue weighted by Crippen LogP contribution is 2.61. The lowest BCUT2D eigenvalue weighted by molar-refractivity contribution is 0.227. The fourth-order valence-electron chi connectivity index (χ4n) is 5.54. The van der Waals surface area contributed by atoms with Gasteiger partial charge in [0.25, 0.3) is 0 Å². The average Bonchev–Trinajstić information content (AvgIpc) is 3.26. The van der Waals surface area contributed by atoms with Crippen LogP contribution < -0.4 is 0 Å². The molecule has 0 spiro atoms. The van der Waals surface area contributed by atoms with Gasteiger partial charge in [-0.05, 0) is 44.9 Å². The summed E-state index contributed by atoms with van der Waals surface area (Å²) in [4.78, 5) is 0. The van der Waals surface area contributed by atoms with Crippen LogP contribution in [0.4, 0.5) is 0 Å². The molecule has 3 aromatic carbocycles. The van der Waals surface area contributed by atoms with Crippen molar-refractivity contribution in [2.45, 2.75) is 25.2 Å². The minimum absolute atomic E-state index is 0.108. The van der Waals surface area contributed by atoms with E-state index in [0.29, 0.717) is 5.92 Å². The smallest absolute Gasteiger partial charge is 0.0455 e. The zero-order chi connectivity index (χ0) is 19.4. The molecule has 0 heteroatoms. The molecule has 0 aromatic heterocycles. The van der Waals surface area contributed by atoms with Gasteiger partial charge >= 0.3 is 0 Å². The van der Waals surface area contributed by atoms with E-state index in [4.69, 9.17) is 0 Å². The second kappa shape index (κ2) is 5.96. The molecular formula is C28H24. The average molecular weight is 361 g/mol. The van der Waals surface area contributed by atoms with Crippen LogP contribution in [0.15, 0.2) is 97.3 Å². The molecule has 0 heterocycles. The van der Waals surface area contributed by atoms with Crippen LogP contribution >= 0.6 is 0 Å². The van der Waals surface area contributed by atoms with E-state index in [0.717, 1.165) is 0 Å². The molecule has 0 saturated carbocycles. The van der Waals surface area contributed by atoms with Crippen LogP contribution in [0, 0.1) is 5.41 Å². The quantitative estimate of drug-likeness (QED) is 0.436. The monoisotopic (exact) mass is 360 g/mol. The van der Waals surface area contributed by atoms with E-state index in [1.807, 2.05) is 0 Å². The van der Waals surface area contributed by atoms with E-state index in [-0.39, 0.29) is 10.8 Å². The summed E-state index contributed by atoms with van der Waals surface area (Å²) in [6.07, 6.45) is 6.80. The molecule has 1 unspecified atom stereocenters. The lowest BCUT2D eigenvalue weighted by Crippen LogP contribution is -2.42. The van der Waals surface area contributed by atoms with Gasteiger partial charge in [0, 0.05) is 11.3 Å². The standard InChI is InChI=1S/C28H24/c1-4-18-28(19-17-20-11-5-10-16-25(20)28)27(2,3)26-23-14-8-6-12-21(23)22-13-7-9-15-24(22)26/h5-19,26H,1H2,2-3H3. The molecule has 0 N–H and O–H groups in total. The molecule has 0 bridgehead atoms. The number of hydrogen-bond donors (Lipinski definition) is 0. The molecule has 0 fully saturated rings. The first-order valence-electron chi connectivity index (χ1n) is 9.94. The third-order valence-electron chi connectivity index (χ3n) is 6.88. The molecule has 3 aromatic rings. The van der Waals surface area contributed by atoms with E-state index in [1.165, 1.54) is 33.4 Å². The van der Waals surface area contributed by atoms with Gasteiger partial charge in [0.2, 0.25) is 0 Å². The Kier molecular flexibility index (Phi) is 3.63. The number of hydrogen-bond acceptors (Lipinski definition) is 0. The summed E-state index contributed by atoms with van der Waals surface area (Å²) >= 11 is 0. The Morgan fingerprint density at radius 1 is 0.857 bits per heavy atom. The number of benzene rings is 3. The molecule has 1 atom stereocenters. The minimum atomic E-state index is -0.249. The van der Waals surface area contributed by atoms with Gasteiger partial charge in [-0.2, -0.15) is 0 Å². The second-order valence-corrected chi connectivity index (χ2v) is 8.47. The molecule has 5 rings (SSSR count). The first kappa shape index (κ1) is 17.0. The first-order chi connectivity index (χ1) is 13.6.